The van der Waals surface area contributed by atoms with Crippen molar-refractivity contribution < 1.29 is 23.9 Å². The Hall–Kier alpha value is -2.83. The van der Waals surface area contributed by atoms with E-state index in [1.807, 2.05) is 30.1 Å². The molecule has 1 aromatic rings. The van der Waals surface area contributed by atoms with Crippen molar-refractivity contribution in [2.24, 2.45) is 0 Å². The van der Waals surface area contributed by atoms with E-state index in [0.717, 1.165) is 16.9 Å². The minimum Gasteiger partial charge on any atom is -0.457 e. The molecule has 0 bridgehead atoms. The van der Waals surface area contributed by atoms with E-state index in [0.29, 0.717) is 0 Å². The first-order chi connectivity index (χ1) is 13.4. The molecule has 1 amide bonds. The molecule has 29 heavy (non-hydrogen) atoms. The quantitative estimate of drug-likeness (QED) is 0.580. The van der Waals surface area contributed by atoms with Gasteiger partial charge < -0.3 is 19.7 Å². The third-order valence-electron chi connectivity index (χ3n) is 4.61. The molecular formula is C22H30N2O5. The Morgan fingerprint density at radius 1 is 1.17 bits per heavy atom. The van der Waals surface area contributed by atoms with Crippen molar-refractivity contribution in [2.75, 3.05) is 25.1 Å². The van der Waals surface area contributed by atoms with Crippen molar-refractivity contribution >= 4 is 23.5 Å². The first-order valence-corrected chi connectivity index (χ1v) is 9.62. The van der Waals surface area contributed by atoms with Crippen molar-refractivity contribution in [1.29, 1.82) is 0 Å². The summed E-state index contributed by atoms with van der Waals surface area (Å²) in [6.07, 6.45) is 0.892. The van der Waals surface area contributed by atoms with E-state index in [9.17, 15) is 14.4 Å². The molecule has 1 aliphatic rings. The number of nitrogens with zero attached hydrogens (tertiary/aromatic N) is 1. The zero-order chi connectivity index (χ0) is 21.8. The van der Waals surface area contributed by atoms with Crippen LogP contribution >= 0.6 is 0 Å². The van der Waals surface area contributed by atoms with Crippen LogP contribution in [0.5, 0.6) is 0 Å². The van der Waals surface area contributed by atoms with Gasteiger partial charge in [-0.15, -0.1) is 0 Å². The summed E-state index contributed by atoms with van der Waals surface area (Å²) >= 11 is 0. The van der Waals surface area contributed by atoms with E-state index in [1.165, 1.54) is 6.08 Å². The summed E-state index contributed by atoms with van der Waals surface area (Å²) < 4.78 is 10.1. The smallest absolute Gasteiger partial charge is 0.407 e. The molecule has 1 heterocycles. The number of esters is 1. The average Bonchev–Trinajstić information content (AvgIpc) is 2.80. The number of carbonyl (C=O) groups excluding carboxylic acids is 3. The molecule has 1 aliphatic heterocycles. The van der Waals surface area contributed by atoms with Crippen LogP contribution in [0.25, 0.3) is 0 Å². The third-order valence-corrected chi connectivity index (χ3v) is 4.61. The van der Waals surface area contributed by atoms with Crippen LogP contribution in [-0.2, 0) is 24.5 Å². The van der Waals surface area contributed by atoms with Crippen LogP contribution in [0, 0.1) is 0 Å². The zero-order valence-corrected chi connectivity index (χ0v) is 18.0. The monoisotopic (exact) mass is 402 g/mol. The number of ketones is 1. The van der Waals surface area contributed by atoms with Crippen LogP contribution in [0.4, 0.5) is 10.5 Å². The number of amides is 1. The van der Waals surface area contributed by atoms with Gasteiger partial charge in [-0.25, -0.2) is 4.79 Å². The van der Waals surface area contributed by atoms with Crippen LogP contribution < -0.4 is 10.2 Å². The molecule has 0 saturated heterocycles. The lowest BCUT2D eigenvalue weighted by Gasteiger charge is -2.23. The Kier molecular flexibility index (Phi) is 6.72. The minimum absolute atomic E-state index is 0.0417. The van der Waals surface area contributed by atoms with Gasteiger partial charge in [0.15, 0.2) is 12.4 Å². The predicted molar refractivity (Wildman–Crippen MR) is 111 cm³/mol. The lowest BCUT2D eigenvalue weighted by atomic mass is 9.83. The van der Waals surface area contributed by atoms with E-state index in [2.05, 4.69) is 25.2 Å². The van der Waals surface area contributed by atoms with Crippen molar-refractivity contribution in [3.05, 3.63) is 41.6 Å². The second-order valence-electron chi connectivity index (χ2n) is 8.54. The van der Waals surface area contributed by atoms with Crippen LogP contribution in [-0.4, -0.2) is 43.6 Å². The number of alkyl carbamates (subject to hydrolysis) is 1. The van der Waals surface area contributed by atoms with Gasteiger partial charge in [-0.1, -0.05) is 32.0 Å². The molecule has 0 spiro atoms. The summed E-state index contributed by atoms with van der Waals surface area (Å²) in [5, 5.41) is 2.48. The van der Waals surface area contributed by atoms with Gasteiger partial charge in [-0.2, -0.15) is 0 Å². The molecule has 0 aliphatic carbocycles. The number of allylic oxidation sites excluding steroid dienone is 1. The van der Waals surface area contributed by atoms with Crippen molar-refractivity contribution in [3.8, 4) is 0 Å². The van der Waals surface area contributed by atoms with Gasteiger partial charge in [-0.3, -0.25) is 9.59 Å². The fourth-order valence-corrected chi connectivity index (χ4v) is 3.26. The molecule has 0 fully saturated rings. The van der Waals surface area contributed by atoms with E-state index in [1.54, 1.807) is 20.8 Å². The van der Waals surface area contributed by atoms with E-state index in [4.69, 9.17) is 9.47 Å². The summed E-state index contributed by atoms with van der Waals surface area (Å²) in [5.74, 6) is -0.851. The summed E-state index contributed by atoms with van der Waals surface area (Å²) in [7, 11) is 1.92. The number of anilines is 1. The van der Waals surface area contributed by atoms with Gasteiger partial charge in [0.2, 0.25) is 0 Å². The summed E-state index contributed by atoms with van der Waals surface area (Å²) in [4.78, 5) is 37.7. The normalized spacial score (nSPS) is 16.3. The molecule has 0 unspecified atom stereocenters. The summed E-state index contributed by atoms with van der Waals surface area (Å²) in [6, 6.07) is 8.00. The Labute approximate surface area is 172 Å². The summed E-state index contributed by atoms with van der Waals surface area (Å²) in [5.41, 5.74) is 2.13. The Bertz CT molecular complexity index is 821. The molecule has 0 atom stereocenters. The second-order valence-corrected chi connectivity index (χ2v) is 8.54. The highest BCUT2D eigenvalue weighted by Gasteiger charge is 2.38. The van der Waals surface area contributed by atoms with Crippen LogP contribution in [0.2, 0.25) is 0 Å². The number of benzene rings is 1. The third kappa shape index (κ3) is 5.82. The highest BCUT2D eigenvalue weighted by Crippen LogP contribution is 2.46. The van der Waals surface area contributed by atoms with Crippen LogP contribution in [0.1, 0.15) is 46.6 Å². The van der Waals surface area contributed by atoms with E-state index >= 15 is 0 Å². The van der Waals surface area contributed by atoms with Gasteiger partial charge >= 0.3 is 12.1 Å². The van der Waals surface area contributed by atoms with Crippen molar-refractivity contribution in [3.63, 3.8) is 0 Å². The standard InChI is InChI=1S/C22H30N2O5/c1-21(2,3)29-20(27)23-12-11-19(26)28-14-15(25)13-18-22(4,5)16-9-7-8-10-17(16)24(18)6/h7-10,13H,11-12,14H2,1-6H3,(H,23,27)/b18-13-. The number of hydrogen-bond donors (Lipinski definition) is 1. The highest BCUT2D eigenvalue weighted by atomic mass is 16.6. The number of likely N-dealkylation sites (N-methyl/N-ethyl adjacent to an activating group) is 1. The average molecular weight is 402 g/mol. The largest absolute Gasteiger partial charge is 0.457 e. The van der Waals surface area contributed by atoms with E-state index < -0.39 is 17.7 Å². The zero-order valence-electron chi connectivity index (χ0n) is 18.0. The molecule has 1 aromatic carbocycles. The first kappa shape index (κ1) is 22.5. The number of carbonyl (C=O) groups is 3. The number of nitrogens with one attached hydrogen (secondary N) is 1. The van der Waals surface area contributed by atoms with Gasteiger partial charge in [0.1, 0.15) is 5.60 Å². The lowest BCUT2D eigenvalue weighted by molar-refractivity contribution is -0.146. The molecular weight excluding hydrogens is 372 g/mol. The SMILES string of the molecule is CN1/C(=C\C(=O)COC(=O)CCNC(=O)OC(C)(C)C)C(C)(C)c2ccccc21. The fraction of sp³-hybridized carbons (Fsp3) is 0.500. The maximum atomic E-state index is 12.4. The molecule has 2 rings (SSSR count). The molecule has 0 aromatic heterocycles. The molecule has 0 saturated carbocycles. The Morgan fingerprint density at radius 3 is 2.45 bits per heavy atom. The Morgan fingerprint density at radius 2 is 1.83 bits per heavy atom. The molecule has 7 nitrogen and oxygen atoms in total. The van der Waals surface area contributed by atoms with Gasteiger partial charge in [-0.05, 0) is 32.4 Å². The minimum atomic E-state index is -0.606. The predicted octanol–water partition coefficient (Wildman–Crippen LogP) is 3.33. The highest BCUT2D eigenvalue weighted by molar-refractivity contribution is 5.94. The van der Waals surface area contributed by atoms with Crippen LogP contribution in [0.15, 0.2) is 36.0 Å². The van der Waals surface area contributed by atoms with Crippen molar-refractivity contribution in [2.45, 2.75) is 52.1 Å². The number of fused-ring (bicyclic) bond motifs is 1. The van der Waals surface area contributed by atoms with Gasteiger partial charge in [0, 0.05) is 36.5 Å². The maximum absolute atomic E-state index is 12.4. The molecule has 7 heteroatoms. The Balaban J connectivity index is 1.84. The number of rotatable bonds is 6. The lowest BCUT2D eigenvalue weighted by Crippen LogP contribution is -2.33. The summed E-state index contributed by atoms with van der Waals surface area (Å²) in [6.45, 7) is 9.11. The first-order valence-electron chi connectivity index (χ1n) is 9.62. The number of ether oxygens (including phenoxy) is 2. The fourth-order valence-electron chi connectivity index (χ4n) is 3.26. The van der Waals surface area contributed by atoms with E-state index in [-0.39, 0.29) is 30.8 Å². The van der Waals surface area contributed by atoms with Gasteiger partial charge in [0.25, 0.3) is 0 Å². The van der Waals surface area contributed by atoms with Crippen molar-refractivity contribution in [1.82, 2.24) is 5.32 Å². The number of para-hydroxylation sites is 1. The molecule has 158 valence electrons. The second kappa shape index (κ2) is 8.68. The van der Waals surface area contributed by atoms with Gasteiger partial charge in [0.05, 0.1) is 6.42 Å². The molecule has 0 radical (unpaired) electrons. The number of hydrogen-bond acceptors (Lipinski definition) is 6. The topological polar surface area (TPSA) is 84.9 Å². The molecule has 1 N–H and O–H groups in total. The maximum Gasteiger partial charge on any atom is 0.407 e. The van der Waals surface area contributed by atoms with Crippen LogP contribution in [0.3, 0.4) is 0 Å².